The standard InChI is InChI=1S/C23H25NO4/c1-15(2)17-9-11-21(27-4)18(13-17)14-19-23(25)28-22(24-19)12-10-16-7-5-6-8-20(16)26-3/h5-9,11,13-15H,10,12H2,1-4H3/b19-14-. The molecule has 0 N–H and O–H groups in total. The monoisotopic (exact) mass is 379 g/mol. The molecule has 5 heteroatoms. The third kappa shape index (κ3) is 4.42. The summed E-state index contributed by atoms with van der Waals surface area (Å²) in [4.78, 5) is 16.7. The second-order valence-electron chi connectivity index (χ2n) is 6.89. The Balaban J connectivity index is 1.81. The van der Waals surface area contributed by atoms with Crippen molar-refractivity contribution in [3.63, 3.8) is 0 Å². The van der Waals surface area contributed by atoms with Crippen LogP contribution in [0.5, 0.6) is 11.5 Å². The van der Waals surface area contributed by atoms with E-state index >= 15 is 0 Å². The second kappa shape index (κ2) is 8.74. The minimum Gasteiger partial charge on any atom is -0.496 e. The van der Waals surface area contributed by atoms with Crippen molar-refractivity contribution in [3.8, 4) is 11.5 Å². The molecule has 0 bridgehead atoms. The van der Waals surface area contributed by atoms with Crippen molar-refractivity contribution in [2.45, 2.75) is 32.6 Å². The van der Waals surface area contributed by atoms with Gasteiger partial charge < -0.3 is 14.2 Å². The normalized spacial score (nSPS) is 15.0. The molecule has 5 nitrogen and oxygen atoms in total. The number of hydrogen-bond donors (Lipinski definition) is 0. The first-order valence-corrected chi connectivity index (χ1v) is 9.33. The van der Waals surface area contributed by atoms with Crippen LogP contribution in [0.1, 0.15) is 42.9 Å². The Morgan fingerprint density at radius 1 is 1.04 bits per heavy atom. The number of hydrogen-bond acceptors (Lipinski definition) is 5. The number of methoxy groups -OCH3 is 2. The van der Waals surface area contributed by atoms with Crippen LogP contribution >= 0.6 is 0 Å². The predicted molar refractivity (Wildman–Crippen MR) is 110 cm³/mol. The van der Waals surface area contributed by atoms with Crippen molar-refractivity contribution >= 4 is 17.9 Å². The summed E-state index contributed by atoms with van der Waals surface area (Å²) in [6, 6.07) is 13.8. The highest BCUT2D eigenvalue weighted by Gasteiger charge is 2.23. The van der Waals surface area contributed by atoms with Gasteiger partial charge in [-0.1, -0.05) is 38.1 Å². The van der Waals surface area contributed by atoms with Crippen molar-refractivity contribution < 1.29 is 19.0 Å². The first-order chi connectivity index (χ1) is 13.5. The van der Waals surface area contributed by atoms with Crippen LogP contribution in [-0.4, -0.2) is 26.1 Å². The molecule has 0 atom stereocenters. The van der Waals surface area contributed by atoms with Crippen LogP contribution in [0.25, 0.3) is 6.08 Å². The average molecular weight is 379 g/mol. The molecule has 2 aromatic carbocycles. The van der Waals surface area contributed by atoms with Crippen LogP contribution < -0.4 is 9.47 Å². The van der Waals surface area contributed by atoms with Gasteiger partial charge in [-0.15, -0.1) is 0 Å². The lowest BCUT2D eigenvalue weighted by Gasteiger charge is -2.10. The van der Waals surface area contributed by atoms with Crippen LogP contribution in [-0.2, 0) is 16.0 Å². The van der Waals surface area contributed by atoms with Gasteiger partial charge in [0.25, 0.3) is 0 Å². The molecule has 146 valence electrons. The molecule has 0 amide bonds. The predicted octanol–water partition coefficient (Wildman–Crippen LogP) is 4.76. The zero-order valence-corrected chi connectivity index (χ0v) is 16.7. The van der Waals surface area contributed by atoms with Crippen molar-refractivity contribution in [3.05, 3.63) is 64.9 Å². The quantitative estimate of drug-likeness (QED) is 0.514. The zero-order chi connectivity index (χ0) is 20.1. The maximum absolute atomic E-state index is 12.3. The van der Waals surface area contributed by atoms with Gasteiger partial charge in [-0.2, -0.15) is 0 Å². The van der Waals surface area contributed by atoms with Gasteiger partial charge in [0.1, 0.15) is 11.5 Å². The molecule has 1 heterocycles. The fourth-order valence-corrected chi connectivity index (χ4v) is 3.08. The van der Waals surface area contributed by atoms with Gasteiger partial charge >= 0.3 is 5.97 Å². The van der Waals surface area contributed by atoms with E-state index < -0.39 is 5.97 Å². The molecule has 1 aliphatic rings. The molecule has 0 saturated heterocycles. The molecule has 0 fully saturated rings. The molecule has 0 unspecified atom stereocenters. The molecule has 0 aliphatic carbocycles. The van der Waals surface area contributed by atoms with Gasteiger partial charge in [0.05, 0.1) is 14.2 Å². The fraction of sp³-hybridized carbons (Fsp3) is 0.304. The summed E-state index contributed by atoms with van der Waals surface area (Å²) in [5.74, 6) is 1.87. The summed E-state index contributed by atoms with van der Waals surface area (Å²) >= 11 is 0. The van der Waals surface area contributed by atoms with E-state index in [-0.39, 0.29) is 5.70 Å². The summed E-state index contributed by atoms with van der Waals surface area (Å²) in [7, 11) is 3.26. The van der Waals surface area contributed by atoms with Gasteiger partial charge in [0.2, 0.25) is 0 Å². The van der Waals surface area contributed by atoms with Crippen molar-refractivity contribution in [1.29, 1.82) is 0 Å². The number of ether oxygens (including phenoxy) is 3. The van der Waals surface area contributed by atoms with Crippen molar-refractivity contribution in [1.82, 2.24) is 0 Å². The van der Waals surface area contributed by atoms with Gasteiger partial charge in [-0.25, -0.2) is 9.79 Å². The first kappa shape index (κ1) is 19.7. The SMILES string of the molecule is COc1ccc(C(C)C)cc1/C=C1\N=C(CCc2ccccc2OC)OC1=O. The minimum absolute atomic E-state index is 0.286. The van der Waals surface area contributed by atoms with Gasteiger partial charge in [0.15, 0.2) is 11.6 Å². The van der Waals surface area contributed by atoms with E-state index in [4.69, 9.17) is 14.2 Å². The van der Waals surface area contributed by atoms with E-state index in [0.717, 1.165) is 16.9 Å². The number of carbonyl (C=O) groups is 1. The maximum Gasteiger partial charge on any atom is 0.363 e. The molecule has 0 spiro atoms. The van der Waals surface area contributed by atoms with E-state index in [0.29, 0.717) is 30.4 Å². The minimum atomic E-state index is -0.438. The van der Waals surface area contributed by atoms with Gasteiger partial charge in [-0.3, -0.25) is 0 Å². The molecule has 0 aromatic heterocycles. The molecule has 3 rings (SSSR count). The third-order valence-electron chi connectivity index (χ3n) is 4.68. The van der Waals surface area contributed by atoms with Crippen LogP contribution in [0, 0.1) is 0 Å². The number of benzene rings is 2. The third-order valence-corrected chi connectivity index (χ3v) is 4.68. The number of nitrogens with zero attached hydrogens (tertiary/aromatic N) is 1. The molecular formula is C23H25NO4. The highest BCUT2D eigenvalue weighted by Crippen LogP contribution is 2.28. The van der Waals surface area contributed by atoms with Crippen LogP contribution in [0.3, 0.4) is 0 Å². The van der Waals surface area contributed by atoms with E-state index in [1.807, 2.05) is 42.5 Å². The largest absolute Gasteiger partial charge is 0.496 e. The highest BCUT2D eigenvalue weighted by molar-refractivity contribution is 6.07. The second-order valence-corrected chi connectivity index (χ2v) is 6.89. The molecule has 1 aliphatic heterocycles. The van der Waals surface area contributed by atoms with Crippen LogP contribution in [0.15, 0.2) is 53.2 Å². The number of aliphatic imine (C=N–C) groups is 1. The zero-order valence-electron chi connectivity index (χ0n) is 16.7. The lowest BCUT2D eigenvalue weighted by Crippen LogP contribution is -2.05. The Hall–Kier alpha value is -3.08. The number of aryl methyl sites for hydroxylation is 1. The van der Waals surface area contributed by atoms with Gasteiger partial charge in [-0.05, 0) is 47.7 Å². The lowest BCUT2D eigenvalue weighted by molar-refractivity contribution is -0.130. The number of rotatable bonds is 7. The van der Waals surface area contributed by atoms with Crippen LogP contribution in [0.2, 0.25) is 0 Å². The average Bonchev–Trinajstić information content (AvgIpc) is 3.05. The summed E-state index contributed by atoms with van der Waals surface area (Å²) in [6.07, 6.45) is 2.92. The number of para-hydroxylation sites is 1. The molecule has 28 heavy (non-hydrogen) atoms. The van der Waals surface area contributed by atoms with Gasteiger partial charge in [0, 0.05) is 12.0 Å². The summed E-state index contributed by atoms with van der Waals surface area (Å²) in [6.45, 7) is 4.24. The highest BCUT2D eigenvalue weighted by atomic mass is 16.6. The summed E-state index contributed by atoms with van der Waals surface area (Å²) < 4.78 is 16.1. The van der Waals surface area contributed by atoms with Crippen molar-refractivity contribution in [2.24, 2.45) is 4.99 Å². The van der Waals surface area contributed by atoms with Crippen molar-refractivity contribution in [2.75, 3.05) is 14.2 Å². The van der Waals surface area contributed by atoms with E-state index in [2.05, 4.69) is 18.8 Å². The van der Waals surface area contributed by atoms with Crippen LogP contribution in [0.4, 0.5) is 0 Å². The van der Waals surface area contributed by atoms with E-state index in [1.165, 1.54) is 5.56 Å². The molecule has 2 aromatic rings. The maximum atomic E-state index is 12.3. The number of cyclic esters (lactones) is 1. The van der Waals surface area contributed by atoms with E-state index in [9.17, 15) is 4.79 Å². The summed E-state index contributed by atoms with van der Waals surface area (Å²) in [5, 5.41) is 0. The lowest BCUT2D eigenvalue weighted by atomic mass is 10.00. The molecular weight excluding hydrogens is 354 g/mol. The molecule has 0 saturated carbocycles. The first-order valence-electron chi connectivity index (χ1n) is 9.33. The fourth-order valence-electron chi connectivity index (χ4n) is 3.08. The smallest absolute Gasteiger partial charge is 0.363 e. The van der Waals surface area contributed by atoms with E-state index in [1.54, 1.807) is 20.3 Å². The Morgan fingerprint density at radius 3 is 2.50 bits per heavy atom. The Morgan fingerprint density at radius 2 is 1.79 bits per heavy atom. The summed E-state index contributed by atoms with van der Waals surface area (Å²) in [5.41, 5.74) is 3.32. The topological polar surface area (TPSA) is 57.1 Å². The Labute approximate surface area is 165 Å². The number of carbonyl (C=O) groups excluding carboxylic acids is 1. The Bertz CT molecular complexity index is 928. The Kier molecular flexibility index (Phi) is 6.14. The number of esters is 1. The molecule has 0 radical (unpaired) electrons.